The summed E-state index contributed by atoms with van der Waals surface area (Å²) in [4.78, 5) is 19.5. The molecule has 0 saturated carbocycles. The standard InChI is InChI=1S/C12H13N.C4H6O6/c1-9(13)11-8-4-6-10-5-2-3-7-12(10)11;5-1(3(7)8)2(6)4(9)10/h2-9H,13H2,1H3;1-2,5-6H,(H,7,8)(H,9,10)/t9-;1-,2-/m11/s1. The minimum Gasteiger partial charge on any atom is -0.479 e. The highest BCUT2D eigenvalue weighted by Gasteiger charge is 2.29. The first kappa shape index (κ1) is 18.6. The van der Waals surface area contributed by atoms with E-state index in [1.54, 1.807) is 0 Å². The number of hydrogen-bond donors (Lipinski definition) is 5. The summed E-state index contributed by atoms with van der Waals surface area (Å²) < 4.78 is 0. The number of benzene rings is 2. The molecule has 6 N–H and O–H groups in total. The van der Waals surface area contributed by atoms with Crippen molar-refractivity contribution in [1.29, 1.82) is 0 Å². The molecule has 2 aromatic rings. The fourth-order valence-corrected chi connectivity index (χ4v) is 1.92. The van der Waals surface area contributed by atoms with Gasteiger partial charge >= 0.3 is 11.9 Å². The van der Waals surface area contributed by atoms with E-state index in [1.165, 1.54) is 16.3 Å². The van der Waals surface area contributed by atoms with Crippen molar-refractivity contribution in [3.63, 3.8) is 0 Å². The van der Waals surface area contributed by atoms with Crippen LogP contribution in [0.4, 0.5) is 0 Å². The summed E-state index contributed by atoms with van der Waals surface area (Å²) in [6, 6.07) is 14.7. The van der Waals surface area contributed by atoms with Crippen LogP contribution in [0.15, 0.2) is 42.5 Å². The average Bonchev–Trinajstić information content (AvgIpc) is 2.53. The van der Waals surface area contributed by atoms with Gasteiger partial charge in [0, 0.05) is 6.04 Å². The van der Waals surface area contributed by atoms with Gasteiger partial charge in [-0.2, -0.15) is 0 Å². The van der Waals surface area contributed by atoms with Gasteiger partial charge < -0.3 is 26.2 Å². The summed E-state index contributed by atoms with van der Waals surface area (Å²) in [7, 11) is 0. The summed E-state index contributed by atoms with van der Waals surface area (Å²) in [5.74, 6) is -3.54. The van der Waals surface area contributed by atoms with Crippen molar-refractivity contribution in [3.8, 4) is 0 Å². The molecule has 0 amide bonds. The van der Waals surface area contributed by atoms with E-state index >= 15 is 0 Å². The second-order valence-corrected chi connectivity index (χ2v) is 4.92. The lowest BCUT2D eigenvalue weighted by Crippen LogP contribution is -2.39. The third-order valence-electron chi connectivity index (χ3n) is 3.12. The maximum Gasteiger partial charge on any atom is 0.335 e. The number of fused-ring (bicyclic) bond motifs is 1. The molecule has 0 fully saturated rings. The smallest absolute Gasteiger partial charge is 0.335 e. The number of nitrogens with two attached hydrogens (primary N) is 1. The Morgan fingerprint density at radius 2 is 1.39 bits per heavy atom. The maximum atomic E-state index is 9.77. The van der Waals surface area contributed by atoms with Gasteiger partial charge in [-0.15, -0.1) is 0 Å². The number of aliphatic hydroxyl groups excluding tert-OH is 2. The van der Waals surface area contributed by atoms with Gasteiger partial charge in [0.1, 0.15) is 0 Å². The van der Waals surface area contributed by atoms with E-state index in [0.29, 0.717) is 0 Å². The number of rotatable bonds is 4. The third-order valence-corrected chi connectivity index (χ3v) is 3.12. The molecule has 7 nitrogen and oxygen atoms in total. The zero-order valence-corrected chi connectivity index (χ0v) is 12.5. The Hall–Kier alpha value is -2.48. The Balaban J connectivity index is 0.000000241. The highest BCUT2D eigenvalue weighted by Crippen LogP contribution is 2.22. The molecule has 0 aromatic heterocycles. The van der Waals surface area contributed by atoms with Gasteiger partial charge in [-0.05, 0) is 23.3 Å². The lowest BCUT2D eigenvalue weighted by atomic mass is 10.0. The van der Waals surface area contributed by atoms with Crippen molar-refractivity contribution in [3.05, 3.63) is 48.0 Å². The molecule has 124 valence electrons. The number of carbonyl (C=O) groups is 2. The van der Waals surface area contributed by atoms with Crippen molar-refractivity contribution in [2.75, 3.05) is 0 Å². The van der Waals surface area contributed by atoms with E-state index in [9.17, 15) is 9.59 Å². The SMILES string of the molecule is C[C@@H](N)c1cccc2ccccc12.O=C(O)[C@H](O)[C@@H](O)C(=O)O. The predicted molar refractivity (Wildman–Crippen MR) is 83.8 cm³/mol. The van der Waals surface area contributed by atoms with E-state index in [-0.39, 0.29) is 6.04 Å². The van der Waals surface area contributed by atoms with Crippen LogP contribution in [0.1, 0.15) is 18.5 Å². The number of hydrogen-bond acceptors (Lipinski definition) is 5. The summed E-state index contributed by atoms with van der Waals surface area (Å²) in [5, 5.41) is 35.1. The molecule has 0 unspecified atom stereocenters. The second kappa shape index (κ2) is 8.23. The summed E-state index contributed by atoms with van der Waals surface area (Å²) in [6.45, 7) is 2.02. The lowest BCUT2D eigenvalue weighted by Gasteiger charge is -2.09. The topological polar surface area (TPSA) is 141 Å². The van der Waals surface area contributed by atoms with Gasteiger partial charge in [-0.1, -0.05) is 42.5 Å². The van der Waals surface area contributed by atoms with E-state index in [0.717, 1.165) is 0 Å². The van der Waals surface area contributed by atoms with Gasteiger partial charge in [0.05, 0.1) is 0 Å². The van der Waals surface area contributed by atoms with Gasteiger partial charge in [-0.3, -0.25) is 0 Å². The molecular formula is C16H19NO6. The molecule has 0 heterocycles. The molecule has 2 aromatic carbocycles. The Bertz CT molecular complexity index is 662. The predicted octanol–water partition coefficient (Wildman–Crippen LogP) is 0.737. The maximum absolute atomic E-state index is 9.77. The minimum absolute atomic E-state index is 0.103. The normalized spacial score (nSPS) is 14.3. The Kier molecular flexibility index (Phi) is 6.65. The minimum atomic E-state index is -2.27. The molecule has 0 aliphatic rings. The fourth-order valence-electron chi connectivity index (χ4n) is 1.92. The molecule has 3 atom stereocenters. The molecule has 2 rings (SSSR count). The largest absolute Gasteiger partial charge is 0.479 e. The van der Waals surface area contributed by atoms with E-state index in [1.807, 2.05) is 19.1 Å². The van der Waals surface area contributed by atoms with Crippen LogP contribution >= 0.6 is 0 Å². The first-order valence-electron chi connectivity index (χ1n) is 6.80. The number of carboxylic acids is 2. The van der Waals surface area contributed by atoms with Crippen molar-refractivity contribution in [2.45, 2.75) is 25.2 Å². The Morgan fingerprint density at radius 3 is 1.87 bits per heavy atom. The van der Waals surface area contributed by atoms with Crippen LogP contribution in [0.2, 0.25) is 0 Å². The molecule has 0 radical (unpaired) electrons. The van der Waals surface area contributed by atoms with Crippen molar-refractivity contribution in [1.82, 2.24) is 0 Å². The summed E-state index contributed by atoms with van der Waals surface area (Å²) >= 11 is 0. The first-order valence-corrected chi connectivity index (χ1v) is 6.80. The number of aliphatic hydroxyl groups is 2. The molecule has 0 aliphatic carbocycles. The van der Waals surface area contributed by atoms with Gasteiger partial charge in [0.2, 0.25) is 0 Å². The third kappa shape index (κ3) is 5.03. The number of carboxylic acid groups (broad SMARTS) is 2. The van der Waals surface area contributed by atoms with E-state index in [2.05, 4.69) is 30.3 Å². The molecule has 0 bridgehead atoms. The highest BCUT2D eigenvalue weighted by molar-refractivity contribution is 5.86. The van der Waals surface area contributed by atoms with Crippen LogP contribution in [0.25, 0.3) is 10.8 Å². The lowest BCUT2D eigenvalue weighted by molar-refractivity contribution is -0.165. The Labute approximate surface area is 132 Å². The molecule has 0 aliphatic heterocycles. The summed E-state index contributed by atoms with van der Waals surface area (Å²) in [5.41, 5.74) is 7.10. The van der Waals surface area contributed by atoms with E-state index in [4.69, 9.17) is 26.2 Å². The van der Waals surface area contributed by atoms with Crippen LogP contribution < -0.4 is 5.73 Å². The molecule has 7 heteroatoms. The Morgan fingerprint density at radius 1 is 0.913 bits per heavy atom. The molecule has 0 spiro atoms. The molecular weight excluding hydrogens is 302 g/mol. The van der Waals surface area contributed by atoms with Crippen molar-refractivity contribution < 1.29 is 30.0 Å². The van der Waals surface area contributed by atoms with Crippen molar-refractivity contribution in [2.24, 2.45) is 5.73 Å². The second-order valence-electron chi connectivity index (χ2n) is 4.92. The van der Waals surface area contributed by atoms with Crippen molar-refractivity contribution >= 4 is 22.7 Å². The van der Waals surface area contributed by atoms with Gasteiger partial charge in [0.15, 0.2) is 12.2 Å². The van der Waals surface area contributed by atoms with E-state index < -0.39 is 24.1 Å². The zero-order chi connectivity index (χ0) is 17.6. The van der Waals surface area contributed by atoms with Crippen LogP contribution in [0, 0.1) is 0 Å². The van der Waals surface area contributed by atoms with Gasteiger partial charge in [-0.25, -0.2) is 9.59 Å². The molecule has 0 saturated heterocycles. The quantitative estimate of drug-likeness (QED) is 0.559. The highest BCUT2D eigenvalue weighted by atomic mass is 16.4. The van der Waals surface area contributed by atoms with Crippen LogP contribution in [-0.2, 0) is 9.59 Å². The zero-order valence-electron chi connectivity index (χ0n) is 12.5. The van der Waals surface area contributed by atoms with Crippen LogP contribution in [0.5, 0.6) is 0 Å². The number of aliphatic carboxylic acids is 2. The van der Waals surface area contributed by atoms with Crippen LogP contribution in [-0.4, -0.2) is 44.6 Å². The monoisotopic (exact) mass is 321 g/mol. The average molecular weight is 321 g/mol. The fraction of sp³-hybridized carbons (Fsp3) is 0.250. The van der Waals surface area contributed by atoms with Crippen LogP contribution in [0.3, 0.4) is 0 Å². The summed E-state index contributed by atoms with van der Waals surface area (Å²) in [6.07, 6.45) is -4.53. The molecule has 23 heavy (non-hydrogen) atoms. The van der Waals surface area contributed by atoms with Gasteiger partial charge in [0.25, 0.3) is 0 Å². The first-order chi connectivity index (χ1) is 10.8.